The quantitative estimate of drug-likeness (QED) is 0.620. The summed E-state index contributed by atoms with van der Waals surface area (Å²) < 4.78 is 11.6. The third-order valence-corrected chi connectivity index (χ3v) is 5.80. The van der Waals surface area contributed by atoms with Crippen molar-refractivity contribution in [3.63, 3.8) is 0 Å². The van der Waals surface area contributed by atoms with Crippen LogP contribution >= 0.6 is 11.8 Å². The predicted octanol–water partition coefficient (Wildman–Crippen LogP) is 2.62. The molecular weight excluding hydrogens is 336 g/mol. The number of rotatable bonds is 6. The van der Waals surface area contributed by atoms with Gasteiger partial charge in [0.1, 0.15) is 11.3 Å². The highest BCUT2D eigenvalue weighted by Gasteiger charge is 2.93. The molecule has 0 aromatic heterocycles. The Balaban J connectivity index is 2.17. The van der Waals surface area contributed by atoms with E-state index in [4.69, 9.17) is 15.2 Å². The summed E-state index contributed by atoms with van der Waals surface area (Å²) in [6.45, 7) is 4.18. The predicted molar refractivity (Wildman–Crippen MR) is 94.7 cm³/mol. The molecule has 7 heteroatoms. The lowest BCUT2D eigenvalue weighted by atomic mass is 9.93. The van der Waals surface area contributed by atoms with Gasteiger partial charge in [-0.05, 0) is 37.8 Å². The van der Waals surface area contributed by atoms with E-state index in [0.29, 0.717) is 13.2 Å². The molecule has 3 atom stereocenters. The summed E-state index contributed by atoms with van der Waals surface area (Å²) in [6, 6.07) is 12.4. The van der Waals surface area contributed by atoms with Crippen LogP contribution in [0.1, 0.15) is 25.3 Å². The number of nitriles is 2. The molecule has 3 unspecified atom stereocenters. The fourth-order valence-electron chi connectivity index (χ4n) is 4.05. The Morgan fingerprint density at radius 1 is 1.16 bits per heavy atom. The van der Waals surface area contributed by atoms with Crippen LogP contribution in [0.15, 0.2) is 34.2 Å². The zero-order valence-corrected chi connectivity index (χ0v) is 15.3. The lowest BCUT2D eigenvalue weighted by molar-refractivity contribution is -0.255. The van der Waals surface area contributed by atoms with E-state index >= 15 is 0 Å². The van der Waals surface area contributed by atoms with E-state index in [2.05, 4.69) is 17.1 Å². The first-order chi connectivity index (χ1) is 12.0. The molecule has 0 radical (unpaired) electrons. The maximum atomic E-state index is 10.1. The first-order valence-electron chi connectivity index (χ1n) is 8.13. The van der Waals surface area contributed by atoms with Gasteiger partial charge in [0.15, 0.2) is 5.41 Å². The van der Waals surface area contributed by atoms with E-state index in [1.165, 1.54) is 0 Å². The van der Waals surface area contributed by atoms with Crippen molar-refractivity contribution >= 4 is 17.6 Å². The van der Waals surface area contributed by atoms with Gasteiger partial charge in [-0.3, -0.25) is 0 Å². The van der Waals surface area contributed by atoms with Gasteiger partial charge < -0.3 is 15.2 Å². The van der Waals surface area contributed by atoms with Gasteiger partial charge in [0.25, 0.3) is 5.91 Å². The second-order valence-electron chi connectivity index (χ2n) is 5.99. The van der Waals surface area contributed by atoms with Gasteiger partial charge in [0.05, 0.1) is 12.1 Å². The van der Waals surface area contributed by atoms with Crippen LogP contribution < -0.4 is 5.73 Å². The van der Waals surface area contributed by atoms with Crippen LogP contribution in [0.5, 0.6) is 0 Å². The standard InChI is InChI=1S/C18H20N4O2S/c1-4-23-18(24-5-2)17(11-20)14(16(17,10-19)15(21)22-18)12-6-8-13(25-3)9-7-12/h6-9,14H,4-5H2,1-3H3,(H2,21,22). The van der Waals surface area contributed by atoms with Gasteiger partial charge >= 0.3 is 0 Å². The van der Waals surface area contributed by atoms with Crippen LogP contribution in [0.25, 0.3) is 0 Å². The number of aliphatic imine (C=N–C) groups is 1. The molecule has 2 aliphatic rings. The molecule has 1 saturated carbocycles. The molecule has 1 aromatic carbocycles. The van der Waals surface area contributed by atoms with Crippen molar-refractivity contribution in [3.05, 3.63) is 29.8 Å². The Hall–Kier alpha value is -2.06. The molecule has 130 valence electrons. The topological polar surface area (TPSA) is 104 Å². The number of hydrogen-bond acceptors (Lipinski definition) is 7. The molecule has 1 heterocycles. The van der Waals surface area contributed by atoms with Crippen molar-refractivity contribution in [1.29, 1.82) is 10.5 Å². The molecule has 0 spiro atoms. The van der Waals surface area contributed by atoms with Crippen LogP contribution in [0.2, 0.25) is 0 Å². The summed E-state index contributed by atoms with van der Waals surface area (Å²) in [5.41, 5.74) is 4.51. The Morgan fingerprint density at radius 2 is 1.76 bits per heavy atom. The van der Waals surface area contributed by atoms with E-state index in [1.54, 1.807) is 25.6 Å². The number of ether oxygens (including phenoxy) is 2. The van der Waals surface area contributed by atoms with Gasteiger partial charge in [-0.15, -0.1) is 11.8 Å². The Bertz CT molecular complexity index is 789. The first-order valence-corrected chi connectivity index (χ1v) is 9.36. The Labute approximate surface area is 151 Å². The number of thioether (sulfide) groups is 1. The van der Waals surface area contributed by atoms with Gasteiger partial charge in [0, 0.05) is 24.0 Å². The molecule has 1 aromatic rings. The molecule has 1 aliphatic carbocycles. The zero-order valence-electron chi connectivity index (χ0n) is 14.4. The average molecular weight is 356 g/mol. The summed E-state index contributed by atoms with van der Waals surface area (Å²) >= 11 is 1.63. The monoisotopic (exact) mass is 356 g/mol. The summed E-state index contributed by atoms with van der Waals surface area (Å²) in [5.74, 6) is -1.88. The molecule has 6 nitrogen and oxygen atoms in total. The third kappa shape index (κ3) is 1.95. The molecule has 0 amide bonds. The maximum Gasteiger partial charge on any atom is 0.293 e. The van der Waals surface area contributed by atoms with Crippen molar-refractivity contribution < 1.29 is 9.47 Å². The van der Waals surface area contributed by atoms with Gasteiger partial charge in [0.2, 0.25) is 0 Å². The van der Waals surface area contributed by atoms with Crippen LogP contribution in [0.3, 0.4) is 0 Å². The minimum Gasteiger partial charge on any atom is -0.386 e. The summed E-state index contributed by atoms with van der Waals surface area (Å²) in [5, 5.41) is 20.1. The van der Waals surface area contributed by atoms with Crippen molar-refractivity contribution in [2.45, 2.75) is 30.6 Å². The highest BCUT2D eigenvalue weighted by atomic mass is 32.2. The van der Waals surface area contributed by atoms with Crippen molar-refractivity contribution in [2.75, 3.05) is 19.5 Å². The molecule has 3 rings (SSSR count). The SMILES string of the molecule is CCOC1(OCC)N=C(N)C2(C#N)C(c3ccc(SC)cc3)C12C#N. The first kappa shape index (κ1) is 17.8. The fraction of sp³-hybridized carbons (Fsp3) is 0.500. The molecule has 1 aliphatic heterocycles. The molecule has 0 saturated heterocycles. The van der Waals surface area contributed by atoms with E-state index < -0.39 is 22.7 Å². The minimum absolute atomic E-state index is 0.109. The molecule has 1 fully saturated rings. The summed E-state index contributed by atoms with van der Waals surface area (Å²) in [6.07, 6.45) is 1.99. The number of nitrogens with zero attached hydrogens (tertiary/aromatic N) is 3. The van der Waals surface area contributed by atoms with E-state index in [0.717, 1.165) is 10.5 Å². The molecule has 2 N–H and O–H groups in total. The van der Waals surface area contributed by atoms with Crippen LogP contribution in [0, 0.1) is 33.5 Å². The summed E-state index contributed by atoms with van der Waals surface area (Å²) in [4.78, 5) is 5.43. The lowest BCUT2D eigenvalue weighted by Gasteiger charge is -2.31. The van der Waals surface area contributed by atoms with Gasteiger partial charge in [-0.1, -0.05) is 12.1 Å². The number of nitrogens with two attached hydrogens (primary N) is 1. The second-order valence-corrected chi connectivity index (χ2v) is 6.87. The van der Waals surface area contributed by atoms with Crippen LogP contribution in [-0.2, 0) is 9.47 Å². The van der Waals surface area contributed by atoms with Crippen LogP contribution in [-0.4, -0.2) is 31.2 Å². The molecule has 0 bridgehead atoms. The third-order valence-electron chi connectivity index (χ3n) is 5.06. The number of benzene rings is 1. The Morgan fingerprint density at radius 3 is 2.20 bits per heavy atom. The van der Waals surface area contributed by atoms with E-state index in [9.17, 15) is 10.5 Å². The highest BCUT2D eigenvalue weighted by Crippen LogP contribution is 2.81. The molecular formula is C18H20N4O2S. The van der Waals surface area contributed by atoms with Crippen molar-refractivity contribution in [2.24, 2.45) is 21.6 Å². The fourth-order valence-corrected chi connectivity index (χ4v) is 4.45. The Kier molecular flexibility index (Phi) is 4.28. The number of fused-ring (bicyclic) bond motifs is 1. The normalized spacial score (nSPS) is 31.6. The second kappa shape index (κ2) is 6.03. The van der Waals surface area contributed by atoms with Crippen molar-refractivity contribution in [1.82, 2.24) is 0 Å². The zero-order chi connectivity index (χ0) is 18.3. The number of amidine groups is 1. The maximum absolute atomic E-state index is 10.1. The smallest absolute Gasteiger partial charge is 0.293 e. The van der Waals surface area contributed by atoms with Crippen LogP contribution in [0.4, 0.5) is 0 Å². The summed E-state index contributed by atoms with van der Waals surface area (Å²) in [7, 11) is 0. The lowest BCUT2D eigenvalue weighted by Crippen LogP contribution is -2.43. The highest BCUT2D eigenvalue weighted by molar-refractivity contribution is 7.98. The largest absolute Gasteiger partial charge is 0.386 e. The van der Waals surface area contributed by atoms with Crippen molar-refractivity contribution in [3.8, 4) is 12.1 Å². The number of hydrogen-bond donors (Lipinski definition) is 1. The van der Waals surface area contributed by atoms with Gasteiger partial charge in [-0.25, -0.2) is 4.99 Å². The minimum atomic E-state index is -1.55. The average Bonchev–Trinajstić information content (AvgIpc) is 3.21. The molecule has 25 heavy (non-hydrogen) atoms. The van der Waals surface area contributed by atoms with E-state index in [1.807, 2.05) is 30.5 Å². The van der Waals surface area contributed by atoms with E-state index in [-0.39, 0.29) is 5.84 Å². The van der Waals surface area contributed by atoms with Gasteiger partial charge in [-0.2, -0.15) is 10.5 Å².